The molecule has 3 rings (SSSR count). The molecule has 0 saturated carbocycles. The number of nitrogens with zero attached hydrogens (tertiary/aromatic N) is 1. The van der Waals surface area contributed by atoms with Gasteiger partial charge in [-0.25, -0.2) is 4.98 Å². The van der Waals surface area contributed by atoms with Crippen molar-refractivity contribution < 1.29 is 34.0 Å². The van der Waals surface area contributed by atoms with E-state index in [4.69, 9.17) is 29.1 Å². The van der Waals surface area contributed by atoms with E-state index in [1.165, 1.54) is 21.3 Å². The monoisotopic (exact) mass is 442 g/mol. The first-order chi connectivity index (χ1) is 15.3. The molecule has 0 spiro atoms. The SMILES string of the molecule is COCC(=O)Nc1cc2c(C)cc(-c3cc(OC)c(O)c(OC)c3)nc2cc1C.O=CO. The molecule has 0 atom stereocenters. The number of rotatable bonds is 6. The molecule has 9 heteroatoms. The summed E-state index contributed by atoms with van der Waals surface area (Å²) in [7, 11) is 4.45. The molecule has 170 valence electrons. The van der Waals surface area contributed by atoms with Crippen LogP contribution in [0.25, 0.3) is 22.2 Å². The van der Waals surface area contributed by atoms with Gasteiger partial charge in [-0.1, -0.05) is 0 Å². The summed E-state index contributed by atoms with van der Waals surface area (Å²) in [5, 5.41) is 20.8. The minimum atomic E-state index is -0.250. The van der Waals surface area contributed by atoms with Gasteiger partial charge in [-0.2, -0.15) is 0 Å². The summed E-state index contributed by atoms with van der Waals surface area (Å²) in [5.74, 6) is 0.363. The summed E-state index contributed by atoms with van der Waals surface area (Å²) in [5.41, 5.74) is 4.90. The number of amides is 1. The van der Waals surface area contributed by atoms with Crippen molar-refractivity contribution in [2.24, 2.45) is 0 Å². The zero-order chi connectivity index (χ0) is 23.8. The van der Waals surface area contributed by atoms with Crippen molar-refractivity contribution in [3.63, 3.8) is 0 Å². The van der Waals surface area contributed by atoms with Gasteiger partial charge in [-0.3, -0.25) is 9.59 Å². The number of pyridine rings is 1. The Bertz CT molecular complexity index is 1100. The molecule has 2 aromatic carbocycles. The summed E-state index contributed by atoms with van der Waals surface area (Å²) in [6.45, 7) is 3.65. The number of hydrogen-bond acceptors (Lipinski definition) is 7. The quantitative estimate of drug-likeness (QED) is 0.495. The lowest BCUT2D eigenvalue weighted by Crippen LogP contribution is -2.17. The number of carbonyl (C=O) groups is 2. The molecule has 0 unspecified atom stereocenters. The highest BCUT2D eigenvalue weighted by molar-refractivity contribution is 5.96. The number of fused-ring (bicyclic) bond motifs is 1. The molecule has 32 heavy (non-hydrogen) atoms. The number of carboxylic acid groups (broad SMARTS) is 1. The van der Waals surface area contributed by atoms with Gasteiger partial charge >= 0.3 is 0 Å². The fourth-order valence-electron chi connectivity index (χ4n) is 3.19. The van der Waals surface area contributed by atoms with Crippen molar-refractivity contribution in [1.29, 1.82) is 0 Å². The Morgan fingerprint density at radius 2 is 1.62 bits per heavy atom. The number of aromatic hydroxyl groups is 1. The van der Waals surface area contributed by atoms with Crippen LogP contribution in [0.2, 0.25) is 0 Å². The smallest absolute Gasteiger partial charge is 0.290 e. The normalized spacial score (nSPS) is 10.2. The highest BCUT2D eigenvalue weighted by atomic mass is 16.5. The zero-order valence-corrected chi connectivity index (χ0v) is 18.6. The van der Waals surface area contributed by atoms with Crippen LogP contribution in [0.1, 0.15) is 11.1 Å². The third-order valence-electron chi connectivity index (χ3n) is 4.69. The Morgan fingerprint density at radius 3 is 2.16 bits per heavy atom. The van der Waals surface area contributed by atoms with Crippen LogP contribution in [0.5, 0.6) is 17.2 Å². The number of ether oxygens (including phenoxy) is 3. The van der Waals surface area contributed by atoms with Gasteiger partial charge in [0.25, 0.3) is 6.47 Å². The van der Waals surface area contributed by atoms with E-state index in [1.54, 1.807) is 12.1 Å². The van der Waals surface area contributed by atoms with Crippen molar-refractivity contribution in [2.45, 2.75) is 13.8 Å². The molecule has 0 radical (unpaired) electrons. The minimum absolute atomic E-state index is 0.00182. The van der Waals surface area contributed by atoms with E-state index >= 15 is 0 Å². The first-order valence-electron chi connectivity index (χ1n) is 9.53. The molecule has 0 bridgehead atoms. The predicted octanol–water partition coefficient (Wildman–Crippen LogP) is 3.53. The van der Waals surface area contributed by atoms with Gasteiger partial charge in [-0.15, -0.1) is 0 Å². The van der Waals surface area contributed by atoms with E-state index in [-0.39, 0.29) is 24.7 Å². The molecule has 1 amide bonds. The molecule has 0 aliphatic heterocycles. The molecule has 1 heterocycles. The maximum Gasteiger partial charge on any atom is 0.290 e. The highest BCUT2D eigenvalue weighted by Gasteiger charge is 2.15. The van der Waals surface area contributed by atoms with Crippen molar-refractivity contribution >= 4 is 29.0 Å². The molecule has 1 aromatic heterocycles. The minimum Gasteiger partial charge on any atom is -0.502 e. The maximum atomic E-state index is 11.9. The van der Waals surface area contributed by atoms with Crippen molar-refractivity contribution in [1.82, 2.24) is 4.98 Å². The molecular weight excluding hydrogens is 416 g/mol. The molecule has 0 saturated heterocycles. The molecule has 0 aliphatic rings. The van der Waals surface area contributed by atoms with Crippen LogP contribution >= 0.6 is 0 Å². The molecule has 3 aromatic rings. The lowest BCUT2D eigenvalue weighted by Gasteiger charge is -2.14. The van der Waals surface area contributed by atoms with E-state index in [0.29, 0.717) is 11.5 Å². The number of aromatic nitrogens is 1. The van der Waals surface area contributed by atoms with Gasteiger partial charge in [0, 0.05) is 23.7 Å². The Labute approximate surface area is 185 Å². The Kier molecular flexibility index (Phi) is 8.37. The second-order valence-corrected chi connectivity index (χ2v) is 6.82. The summed E-state index contributed by atoms with van der Waals surface area (Å²) < 4.78 is 15.4. The first kappa shape index (κ1) is 24.4. The average Bonchev–Trinajstić information content (AvgIpc) is 2.75. The van der Waals surface area contributed by atoms with Crippen LogP contribution in [0.4, 0.5) is 5.69 Å². The van der Waals surface area contributed by atoms with Gasteiger partial charge in [0.2, 0.25) is 11.7 Å². The lowest BCUT2D eigenvalue weighted by atomic mass is 10.0. The largest absolute Gasteiger partial charge is 0.502 e. The van der Waals surface area contributed by atoms with Gasteiger partial charge in [0.1, 0.15) is 6.61 Å². The third-order valence-corrected chi connectivity index (χ3v) is 4.69. The van der Waals surface area contributed by atoms with Crippen LogP contribution in [0, 0.1) is 13.8 Å². The average molecular weight is 442 g/mol. The number of methoxy groups -OCH3 is 3. The molecule has 0 fully saturated rings. The standard InChI is InChI=1S/C22H24N2O5.CH2O2/c1-12-6-17(14-8-19(28-4)22(26)20(9-14)29-5)23-18-7-13(2)16(10-15(12)18)24-21(25)11-27-3;2-1-3/h6-10,26H,11H2,1-5H3,(H,24,25);1H,(H,2,3). The summed E-state index contributed by atoms with van der Waals surface area (Å²) >= 11 is 0. The Balaban J connectivity index is 0.00000114. The van der Waals surface area contributed by atoms with Gasteiger partial charge in [0.15, 0.2) is 11.5 Å². The van der Waals surface area contributed by atoms with Crippen molar-refractivity contribution in [2.75, 3.05) is 33.3 Å². The van der Waals surface area contributed by atoms with Crippen molar-refractivity contribution in [3.8, 4) is 28.5 Å². The number of aryl methyl sites for hydroxylation is 2. The number of benzene rings is 2. The fraction of sp³-hybridized carbons (Fsp3) is 0.261. The number of carbonyl (C=O) groups excluding carboxylic acids is 1. The van der Waals surface area contributed by atoms with Gasteiger partial charge in [0.05, 0.1) is 25.4 Å². The number of phenolic OH excluding ortho intramolecular Hbond substituents is 1. The first-order valence-corrected chi connectivity index (χ1v) is 9.53. The zero-order valence-electron chi connectivity index (χ0n) is 18.6. The lowest BCUT2D eigenvalue weighted by molar-refractivity contribution is -0.123. The molecule has 3 N–H and O–H groups in total. The Morgan fingerprint density at radius 1 is 1.03 bits per heavy atom. The van der Waals surface area contributed by atoms with E-state index in [1.807, 2.05) is 32.0 Å². The van der Waals surface area contributed by atoms with E-state index < -0.39 is 0 Å². The van der Waals surface area contributed by atoms with Crippen LogP contribution in [0.3, 0.4) is 0 Å². The maximum absolute atomic E-state index is 11.9. The molecule has 9 nitrogen and oxygen atoms in total. The van der Waals surface area contributed by atoms with Gasteiger partial charge < -0.3 is 29.7 Å². The van der Waals surface area contributed by atoms with Crippen LogP contribution < -0.4 is 14.8 Å². The Hall–Kier alpha value is -3.85. The highest BCUT2D eigenvalue weighted by Crippen LogP contribution is 2.40. The van der Waals surface area contributed by atoms with Gasteiger partial charge in [-0.05, 0) is 55.3 Å². The van der Waals surface area contributed by atoms with E-state index in [9.17, 15) is 9.90 Å². The van der Waals surface area contributed by atoms with E-state index in [0.717, 1.165) is 39.0 Å². The number of nitrogens with one attached hydrogen (secondary N) is 1. The second kappa shape index (κ2) is 11.0. The van der Waals surface area contributed by atoms with E-state index in [2.05, 4.69) is 5.32 Å². The topological polar surface area (TPSA) is 127 Å². The molecule has 0 aliphatic carbocycles. The van der Waals surface area contributed by atoms with Crippen LogP contribution in [-0.4, -0.2) is 55.5 Å². The second-order valence-electron chi connectivity index (χ2n) is 6.82. The summed E-state index contributed by atoms with van der Waals surface area (Å²) in [6.07, 6.45) is 0. The third kappa shape index (κ3) is 5.44. The fourth-order valence-corrected chi connectivity index (χ4v) is 3.19. The van der Waals surface area contributed by atoms with Crippen molar-refractivity contribution in [3.05, 3.63) is 41.5 Å². The summed E-state index contributed by atoms with van der Waals surface area (Å²) in [6, 6.07) is 9.24. The van der Waals surface area contributed by atoms with Crippen LogP contribution in [-0.2, 0) is 14.3 Å². The number of anilines is 1. The molecular formula is C23H26N2O7. The summed E-state index contributed by atoms with van der Waals surface area (Å²) in [4.78, 5) is 25.0. The number of hydrogen-bond donors (Lipinski definition) is 3. The van der Waals surface area contributed by atoms with Crippen LogP contribution in [0.15, 0.2) is 30.3 Å². The predicted molar refractivity (Wildman–Crippen MR) is 121 cm³/mol. The number of phenols is 1.